The first-order valence-electron chi connectivity index (χ1n) is 5.83. The molecule has 19 heavy (non-hydrogen) atoms. The van der Waals surface area contributed by atoms with Crippen LogP contribution in [0.25, 0.3) is 10.9 Å². The highest BCUT2D eigenvalue weighted by Gasteiger charge is 2.14. The Morgan fingerprint density at radius 3 is 2.89 bits per heavy atom. The summed E-state index contributed by atoms with van der Waals surface area (Å²) in [6, 6.07) is 11.4. The number of pyridine rings is 1. The van der Waals surface area contributed by atoms with Crippen LogP contribution < -0.4 is 0 Å². The van der Waals surface area contributed by atoms with Gasteiger partial charge in [0.2, 0.25) is 0 Å². The fourth-order valence-electron chi connectivity index (χ4n) is 1.95. The van der Waals surface area contributed by atoms with E-state index in [1.54, 1.807) is 18.6 Å². The van der Waals surface area contributed by atoms with Gasteiger partial charge in [0, 0.05) is 16.3 Å². The van der Waals surface area contributed by atoms with Gasteiger partial charge >= 0.3 is 0 Å². The normalized spacial score (nSPS) is 10.8. The second-order valence-electron chi connectivity index (χ2n) is 4.24. The van der Waals surface area contributed by atoms with Crippen LogP contribution in [-0.4, -0.2) is 10.8 Å². The molecule has 2 heterocycles. The lowest BCUT2D eigenvalue weighted by atomic mass is 10.1. The zero-order chi connectivity index (χ0) is 13.2. The van der Waals surface area contributed by atoms with E-state index in [0.717, 1.165) is 20.9 Å². The maximum absolute atomic E-state index is 12.2. The van der Waals surface area contributed by atoms with E-state index in [4.69, 9.17) is 4.42 Å². The molecule has 3 nitrogen and oxygen atoms in total. The van der Waals surface area contributed by atoms with Crippen LogP contribution in [0.4, 0.5) is 0 Å². The van der Waals surface area contributed by atoms with E-state index in [1.807, 2.05) is 30.3 Å². The van der Waals surface area contributed by atoms with Gasteiger partial charge in [-0.1, -0.05) is 18.2 Å². The number of carbonyl (C=O) groups is 1. The zero-order valence-electron chi connectivity index (χ0n) is 9.97. The van der Waals surface area contributed by atoms with Crippen LogP contribution in [0, 0.1) is 0 Å². The van der Waals surface area contributed by atoms with E-state index < -0.39 is 0 Å². The first-order chi connectivity index (χ1) is 9.24. The molecular formula is C15H10BrNO2. The molecule has 0 radical (unpaired) electrons. The number of rotatable bonds is 3. The van der Waals surface area contributed by atoms with Crippen LogP contribution in [0.15, 0.2) is 57.8 Å². The molecule has 94 valence electrons. The smallest absolute Gasteiger partial charge is 0.186 e. The Bertz CT molecular complexity index is 735. The molecule has 0 aliphatic rings. The molecule has 0 aliphatic carbocycles. The third-order valence-electron chi connectivity index (χ3n) is 2.89. The third-order valence-corrected chi connectivity index (χ3v) is 3.49. The van der Waals surface area contributed by atoms with E-state index in [9.17, 15) is 4.79 Å². The van der Waals surface area contributed by atoms with Gasteiger partial charge in [-0.2, -0.15) is 0 Å². The molecule has 0 atom stereocenters. The monoisotopic (exact) mass is 315 g/mol. The maximum atomic E-state index is 12.2. The van der Waals surface area contributed by atoms with E-state index in [1.165, 1.54) is 0 Å². The Morgan fingerprint density at radius 2 is 2.11 bits per heavy atom. The Hall–Kier alpha value is -1.94. The molecule has 0 saturated carbocycles. The molecule has 1 aromatic carbocycles. The summed E-state index contributed by atoms with van der Waals surface area (Å²) in [4.78, 5) is 16.7. The molecule has 3 rings (SSSR count). The predicted octanol–water partition coefficient (Wildman–Crippen LogP) is 4.02. The second-order valence-corrected chi connectivity index (χ2v) is 5.10. The second kappa shape index (κ2) is 4.97. The van der Waals surface area contributed by atoms with Crippen molar-refractivity contribution in [1.82, 2.24) is 4.98 Å². The number of halogens is 1. The Morgan fingerprint density at radius 1 is 1.26 bits per heavy atom. The number of carbonyl (C=O) groups excluding carboxylic acids is 1. The zero-order valence-corrected chi connectivity index (χ0v) is 11.6. The SMILES string of the molecule is O=C(Cc1ccoc1)c1nc2ccccc2cc1Br. The highest BCUT2D eigenvalue weighted by atomic mass is 79.9. The lowest BCUT2D eigenvalue weighted by Crippen LogP contribution is -2.06. The number of benzene rings is 1. The molecule has 2 aromatic heterocycles. The number of furan rings is 1. The van der Waals surface area contributed by atoms with Gasteiger partial charge in [-0.05, 0) is 39.7 Å². The minimum Gasteiger partial charge on any atom is -0.472 e. The first-order valence-corrected chi connectivity index (χ1v) is 6.63. The van der Waals surface area contributed by atoms with Crippen molar-refractivity contribution in [2.24, 2.45) is 0 Å². The minimum absolute atomic E-state index is 0.0287. The molecule has 4 heteroatoms. The van der Waals surface area contributed by atoms with Gasteiger partial charge in [-0.3, -0.25) is 4.79 Å². The number of aromatic nitrogens is 1. The van der Waals surface area contributed by atoms with Crippen LogP contribution in [0.2, 0.25) is 0 Å². The summed E-state index contributed by atoms with van der Waals surface area (Å²) in [7, 11) is 0. The van der Waals surface area contributed by atoms with Gasteiger partial charge in [0.05, 0.1) is 18.0 Å². The van der Waals surface area contributed by atoms with Gasteiger partial charge < -0.3 is 4.42 Å². The lowest BCUT2D eigenvalue weighted by Gasteiger charge is -2.04. The number of hydrogen-bond acceptors (Lipinski definition) is 3. The van der Waals surface area contributed by atoms with Crippen molar-refractivity contribution in [1.29, 1.82) is 0 Å². The summed E-state index contributed by atoms with van der Waals surface area (Å²) in [6.07, 6.45) is 3.43. The van der Waals surface area contributed by atoms with Gasteiger partial charge in [0.15, 0.2) is 5.78 Å². The Kier molecular flexibility index (Phi) is 3.17. The fraction of sp³-hybridized carbons (Fsp3) is 0.0667. The van der Waals surface area contributed by atoms with Crippen LogP contribution in [0.5, 0.6) is 0 Å². The van der Waals surface area contributed by atoms with Crippen LogP contribution in [0.3, 0.4) is 0 Å². The van der Waals surface area contributed by atoms with Gasteiger partial charge in [0.1, 0.15) is 5.69 Å². The molecule has 0 aliphatic heterocycles. The summed E-state index contributed by atoms with van der Waals surface area (Å²) >= 11 is 3.42. The third kappa shape index (κ3) is 2.44. The Balaban J connectivity index is 1.99. The highest BCUT2D eigenvalue weighted by molar-refractivity contribution is 9.10. The van der Waals surface area contributed by atoms with Crippen LogP contribution in [-0.2, 0) is 6.42 Å². The van der Waals surface area contributed by atoms with Crippen molar-refractivity contribution in [3.8, 4) is 0 Å². The van der Waals surface area contributed by atoms with Gasteiger partial charge in [0.25, 0.3) is 0 Å². The molecule has 0 bridgehead atoms. The molecule has 3 aromatic rings. The van der Waals surface area contributed by atoms with Crippen molar-refractivity contribution in [2.75, 3.05) is 0 Å². The Labute approximate surface area is 118 Å². The first kappa shape index (κ1) is 12.1. The van der Waals surface area contributed by atoms with E-state index in [-0.39, 0.29) is 5.78 Å². The molecule has 0 fully saturated rings. The maximum Gasteiger partial charge on any atom is 0.186 e. The number of fused-ring (bicyclic) bond motifs is 1. The van der Waals surface area contributed by atoms with Crippen molar-refractivity contribution >= 4 is 32.6 Å². The average molecular weight is 316 g/mol. The molecule has 0 unspecified atom stereocenters. The summed E-state index contributed by atoms with van der Waals surface area (Å²) in [5.41, 5.74) is 2.13. The van der Waals surface area contributed by atoms with Crippen LogP contribution >= 0.6 is 15.9 Å². The molecular weight excluding hydrogens is 306 g/mol. The standard InChI is InChI=1S/C15H10BrNO2/c16-12-8-11-3-1-2-4-13(11)17-15(12)14(18)7-10-5-6-19-9-10/h1-6,8-9H,7H2. The quantitative estimate of drug-likeness (QED) is 0.686. The highest BCUT2D eigenvalue weighted by Crippen LogP contribution is 2.22. The lowest BCUT2D eigenvalue weighted by molar-refractivity contribution is 0.0987. The van der Waals surface area contributed by atoms with E-state index >= 15 is 0 Å². The number of Topliss-reactive ketones (excluding diaryl/α,β-unsaturated/α-hetero) is 1. The number of nitrogens with zero attached hydrogens (tertiary/aromatic N) is 1. The van der Waals surface area contributed by atoms with Crippen LogP contribution in [0.1, 0.15) is 16.1 Å². The molecule has 0 N–H and O–H groups in total. The summed E-state index contributed by atoms with van der Waals surface area (Å²) < 4.78 is 5.69. The molecule has 0 spiro atoms. The molecule has 0 amide bonds. The minimum atomic E-state index is -0.0287. The number of ketones is 1. The van der Waals surface area contributed by atoms with Crippen molar-refractivity contribution in [2.45, 2.75) is 6.42 Å². The summed E-state index contributed by atoms with van der Waals surface area (Å²) in [5.74, 6) is -0.0287. The van der Waals surface area contributed by atoms with Crippen molar-refractivity contribution < 1.29 is 9.21 Å². The van der Waals surface area contributed by atoms with E-state index in [0.29, 0.717) is 12.1 Å². The summed E-state index contributed by atoms with van der Waals surface area (Å²) in [5, 5.41) is 1.01. The predicted molar refractivity (Wildman–Crippen MR) is 76.2 cm³/mol. The van der Waals surface area contributed by atoms with E-state index in [2.05, 4.69) is 20.9 Å². The van der Waals surface area contributed by atoms with Gasteiger partial charge in [-0.25, -0.2) is 4.98 Å². The largest absolute Gasteiger partial charge is 0.472 e. The summed E-state index contributed by atoms with van der Waals surface area (Å²) in [6.45, 7) is 0. The number of para-hydroxylation sites is 1. The molecule has 0 saturated heterocycles. The average Bonchev–Trinajstić information content (AvgIpc) is 2.90. The fourth-order valence-corrected chi connectivity index (χ4v) is 2.50. The van der Waals surface area contributed by atoms with Crippen molar-refractivity contribution in [3.05, 3.63) is 64.7 Å². The van der Waals surface area contributed by atoms with Crippen molar-refractivity contribution in [3.63, 3.8) is 0 Å². The number of hydrogen-bond donors (Lipinski definition) is 0. The topological polar surface area (TPSA) is 43.1 Å². The van der Waals surface area contributed by atoms with Gasteiger partial charge in [-0.15, -0.1) is 0 Å².